The Hall–Kier alpha value is -0.930. The van der Waals surface area contributed by atoms with Gasteiger partial charge in [-0.1, -0.05) is 6.92 Å². The fourth-order valence-corrected chi connectivity index (χ4v) is 2.37. The van der Waals surface area contributed by atoms with Gasteiger partial charge in [0.15, 0.2) is 0 Å². The van der Waals surface area contributed by atoms with E-state index in [1.807, 2.05) is 12.4 Å². The Labute approximate surface area is 104 Å². The molecule has 3 heteroatoms. The maximum atomic E-state index is 4.23. The molecule has 2 unspecified atom stereocenters. The van der Waals surface area contributed by atoms with Crippen molar-refractivity contribution in [3.05, 3.63) is 29.6 Å². The third kappa shape index (κ3) is 3.05. The van der Waals surface area contributed by atoms with Gasteiger partial charge in [0.2, 0.25) is 0 Å². The highest BCUT2D eigenvalue weighted by atomic mass is 15.2. The van der Waals surface area contributed by atoms with Gasteiger partial charge in [-0.3, -0.25) is 9.88 Å². The van der Waals surface area contributed by atoms with E-state index >= 15 is 0 Å². The normalized spacial score (nSPS) is 26.1. The van der Waals surface area contributed by atoms with E-state index in [-0.39, 0.29) is 0 Å². The number of nitrogens with one attached hydrogen (secondary N) is 1. The molecule has 1 aromatic heterocycles. The second kappa shape index (κ2) is 5.61. The molecule has 1 aromatic rings. The lowest BCUT2D eigenvalue weighted by molar-refractivity contribution is 0.131. The van der Waals surface area contributed by atoms with Crippen LogP contribution in [0, 0.1) is 6.92 Å². The van der Waals surface area contributed by atoms with Crippen LogP contribution in [0.25, 0.3) is 0 Å². The monoisotopic (exact) mass is 233 g/mol. The average molecular weight is 233 g/mol. The summed E-state index contributed by atoms with van der Waals surface area (Å²) in [6.07, 6.45) is 5.08. The summed E-state index contributed by atoms with van der Waals surface area (Å²) < 4.78 is 0. The van der Waals surface area contributed by atoms with Gasteiger partial charge in [-0.25, -0.2) is 0 Å². The number of piperazine rings is 1. The van der Waals surface area contributed by atoms with Crippen LogP contribution >= 0.6 is 0 Å². The number of hydrogen-bond donors (Lipinski definition) is 1. The van der Waals surface area contributed by atoms with E-state index in [1.54, 1.807) is 0 Å². The predicted octanol–water partition coefficient (Wildman–Crippen LogP) is 1.96. The molecule has 0 saturated carbocycles. The second-order valence-corrected chi connectivity index (χ2v) is 5.09. The molecule has 94 valence electrons. The Morgan fingerprint density at radius 2 is 2.35 bits per heavy atom. The Morgan fingerprint density at radius 1 is 1.53 bits per heavy atom. The van der Waals surface area contributed by atoms with Crippen molar-refractivity contribution in [3.63, 3.8) is 0 Å². The van der Waals surface area contributed by atoms with Crippen molar-refractivity contribution in [3.8, 4) is 0 Å². The van der Waals surface area contributed by atoms with E-state index in [0.29, 0.717) is 12.1 Å². The first-order chi connectivity index (χ1) is 8.20. The topological polar surface area (TPSA) is 28.2 Å². The zero-order chi connectivity index (χ0) is 12.3. The highest BCUT2D eigenvalue weighted by Gasteiger charge is 2.23. The number of aromatic nitrogens is 1. The quantitative estimate of drug-likeness (QED) is 0.865. The lowest BCUT2D eigenvalue weighted by atomic mass is 10.1. The summed E-state index contributed by atoms with van der Waals surface area (Å²) in [7, 11) is 0. The van der Waals surface area contributed by atoms with E-state index in [4.69, 9.17) is 0 Å². The zero-order valence-electron chi connectivity index (χ0n) is 11.1. The van der Waals surface area contributed by atoms with Gasteiger partial charge in [0, 0.05) is 44.1 Å². The molecule has 0 aromatic carbocycles. The molecule has 1 aliphatic rings. The van der Waals surface area contributed by atoms with Crippen molar-refractivity contribution in [2.24, 2.45) is 0 Å². The molecule has 1 fully saturated rings. The van der Waals surface area contributed by atoms with Crippen LogP contribution in [-0.2, 0) is 6.54 Å². The van der Waals surface area contributed by atoms with Crippen LogP contribution in [0.5, 0.6) is 0 Å². The Morgan fingerprint density at radius 3 is 3.06 bits per heavy atom. The minimum absolute atomic E-state index is 0.609. The van der Waals surface area contributed by atoms with E-state index in [9.17, 15) is 0 Å². The first-order valence-electron chi connectivity index (χ1n) is 6.57. The second-order valence-electron chi connectivity index (χ2n) is 5.09. The van der Waals surface area contributed by atoms with E-state index < -0.39 is 0 Å². The van der Waals surface area contributed by atoms with Crippen LogP contribution in [0.4, 0.5) is 0 Å². The molecule has 0 aliphatic carbocycles. The van der Waals surface area contributed by atoms with Crippen LogP contribution in [-0.4, -0.2) is 35.1 Å². The summed E-state index contributed by atoms with van der Waals surface area (Å²) in [6, 6.07) is 3.35. The molecular weight excluding hydrogens is 210 g/mol. The molecule has 2 atom stereocenters. The van der Waals surface area contributed by atoms with Crippen molar-refractivity contribution in [2.45, 2.75) is 45.8 Å². The van der Waals surface area contributed by atoms with Crippen molar-refractivity contribution >= 4 is 0 Å². The summed E-state index contributed by atoms with van der Waals surface area (Å²) in [5.74, 6) is 0. The SMILES string of the molecule is CCC1CN(Cc2cnccc2C)C(C)CN1. The summed E-state index contributed by atoms with van der Waals surface area (Å²) in [5.41, 5.74) is 2.70. The molecule has 0 amide bonds. The number of aryl methyl sites for hydroxylation is 1. The number of pyridine rings is 1. The summed E-state index contributed by atoms with van der Waals surface area (Å²) in [4.78, 5) is 6.80. The zero-order valence-corrected chi connectivity index (χ0v) is 11.1. The molecule has 3 nitrogen and oxygen atoms in total. The fraction of sp³-hybridized carbons (Fsp3) is 0.643. The van der Waals surface area contributed by atoms with Crippen molar-refractivity contribution in [1.29, 1.82) is 0 Å². The van der Waals surface area contributed by atoms with Gasteiger partial charge in [0.05, 0.1) is 0 Å². The van der Waals surface area contributed by atoms with Gasteiger partial charge in [-0.2, -0.15) is 0 Å². The number of nitrogens with zero attached hydrogens (tertiary/aromatic N) is 2. The lowest BCUT2D eigenvalue weighted by Gasteiger charge is -2.38. The third-order valence-corrected chi connectivity index (χ3v) is 3.79. The largest absolute Gasteiger partial charge is 0.311 e. The van der Waals surface area contributed by atoms with Gasteiger partial charge in [-0.05, 0) is 37.5 Å². The Kier molecular flexibility index (Phi) is 4.13. The fourth-order valence-electron chi connectivity index (χ4n) is 2.37. The molecular formula is C14H23N3. The molecule has 1 saturated heterocycles. The predicted molar refractivity (Wildman–Crippen MR) is 70.9 cm³/mol. The van der Waals surface area contributed by atoms with Gasteiger partial charge in [0.1, 0.15) is 0 Å². The molecule has 0 bridgehead atoms. The van der Waals surface area contributed by atoms with Crippen LogP contribution in [0.2, 0.25) is 0 Å². The average Bonchev–Trinajstić information content (AvgIpc) is 2.35. The Balaban J connectivity index is 2.04. The molecule has 2 heterocycles. The lowest BCUT2D eigenvalue weighted by Crippen LogP contribution is -2.54. The first-order valence-corrected chi connectivity index (χ1v) is 6.57. The number of hydrogen-bond acceptors (Lipinski definition) is 3. The maximum Gasteiger partial charge on any atom is 0.0315 e. The Bertz CT molecular complexity index is 364. The smallest absolute Gasteiger partial charge is 0.0315 e. The summed E-state index contributed by atoms with van der Waals surface area (Å²) >= 11 is 0. The van der Waals surface area contributed by atoms with Crippen molar-refractivity contribution in [2.75, 3.05) is 13.1 Å². The van der Waals surface area contributed by atoms with E-state index in [1.165, 1.54) is 17.5 Å². The van der Waals surface area contributed by atoms with Gasteiger partial charge >= 0.3 is 0 Å². The highest BCUT2D eigenvalue weighted by molar-refractivity contribution is 5.21. The molecule has 17 heavy (non-hydrogen) atoms. The van der Waals surface area contributed by atoms with Crippen molar-refractivity contribution < 1.29 is 0 Å². The van der Waals surface area contributed by atoms with Crippen LogP contribution in [0.3, 0.4) is 0 Å². The van der Waals surface area contributed by atoms with Gasteiger partial charge in [-0.15, -0.1) is 0 Å². The minimum Gasteiger partial charge on any atom is -0.311 e. The minimum atomic E-state index is 0.609. The molecule has 0 spiro atoms. The van der Waals surface area contributed by atoms with Crippen LogP contribution in [0.15, 0.2) is 18.5 Å². The first kappa shape index (κ1) is 12.5. The van der Waals surface area contributed by atoms with Gasteiger partial charge < -0.3 is 5.32 Å². The standard InChI is InChI=1S/C14H23N3/c1-4-14-10-17(12(3)7-16-14)9-13-8-15-6-5-11(13)2/h5-6,8,12,14,16H,4,7,9-10H2,1-3H3. The maximum absolute atomic E-state index is 4.23. The molecule has 0 radical (unpaired) electrons. The van der Waals surface area contributed by atoms with Crippen molar-refractivity contribution in [1.82, 2.24) is 15.2 Å². The number of rotatable bonds is 3. The van der Waals surface area contributed by atoms with Crippen LogP contribution < -0.4 is 5.32 Å². The highest BCUT2D eigenvalue weighted by Crippen LogP contribution is 2.15. The van der Waals surface area contributed by atoms with Crippen LogP contribution in [0.1, 0.15) is 31.4 Å². The molecule has 2 rings (SSSR count). The summed E-state index contributed by atoms with van der Waals surface area (Å²) in [6.45, 7) is 9.98. The third-order valence-electron chi connectivity index (χ3n) is 3.79. The molecule has 1 aliphatic heterocycles. The van der Waals surface area contributed by atoms with E-state index in [2.05, 4.69) is 42.0 Å². The van der Waals surface area contributed by atoms with E-state index in [0.717, 1.165) is 19.6 Å². The summed E-state index contributed by atoms with van der Waals surface area (Å²) in [5, 5.41) is 3.59. The van der Waals surface area contributed by atoms with Gasteiger partial charge in [0.25, 0.3) is 0 Å². The molecule has 1 N–H and O–H groups in total.